The molecule has 1 heterocycles. The van der Waals surface area contributed by atoms with Gasteiger partial charge in [0.2, 0.25) is 5.91 Å². The highest BCUT2D eigenvalue weighted by Crippen LogP contribution is 2.31. The van der Waals surface area contributed by atoms with Crippen molar-refractivity contribution in [2.24, 2.45) is 0 Å². The quantitative estimate of drug-likeness (QED) is 0.741. The normalized spacial score (nSPS) is 16.9. The zero-order valence-electron chi connectivity index (χ0n) is 15.8. The number of hydrogen-bond donors (Lipinski definition) is 1. The molecule has 2 aromatic rings. The smallest absolute Gasteiger partial charge is 0.221 e. The molecule has 0 bridgehead atoms. The largest absolute Gasteiger partial charge is 0.326 e. The molecule has 1 amide bonds. The fraction of sp³-hybridized carbons (Fsp3) is 0.409. The SMILES string of the molecule is CC(=O)Nc1cccc(C2CCN(CC(C)c3ccc(Cl)cc3F)CC2)c1. The summed E-state index contributed by atoms with van der Waals surface area (Å²) in [5, 5.41) is 3.29. The van der Waals surface area contributed by atoms with Crippen molar-refractivity contribution in [3.05, 3.63) is 64.4 Å². The number of rotatable bonds is 5. The number of benzene rings is 2. The number of nitrogens with zero attached hydrogens (tertiary/aromatic N) is 1. The Morgan fingerprint density at radius 1 is 1.26 bits per heavy atom. The topological polar surface area (TPSA) is 32.3 Å². The van der Waals surface area contributed by atoms with Crippen LogP contribution in [0.1, 0.15) is 49.7 Å². The lowest BCUT2D eigenvalue weighted by molar-refractivity contribution is -0.114. The Hall–Kier alpha value is -1.91. The molecule has 144 valence electrons. The van der Waals surface area contributed by atoms with E-state index in [-0.39, 0.29) is 17.6 Å². The average molecular weight is 389 g/mol. The van der Waals surface area contributed by atoms with Gasteiger partial charge in [-0.2, -0.15) is 0 Å². The van der Waals surface area contributed by atoms with Gasteiger partial charge in [-0.1, -0.05) is 36.7 Å². The van der Waals surface area contributed by atoms with Crippen molar-refractivity contribution in [1.29, 1.82) is 0 Å². The Labute approximate surface area is 165 Å². The van der Waals surface area contributed by atoms with Crippen LogP contribution in [0.5, 0.6) is 0 Å². The van der Waals surface area contributed by atoms with Crippen LogP contribution in [-0.4, -0.2) is 30.4 Å². The number of carbonyl (C=O) groups excluding carboxylic acids is 1. The predicted molar refractivity (Wildman–Crippen MR) is 109 cm³/mol. The molecule has 2 aromatic carbocycles. The number of anilines is 1. The number of carbonyl (C=O) groups is 1. The maximum atomic E-state index is 14.1. The van der Waals surface area contributed by atoms with Crippen LogP contribution < -0.4 is 5.32 Å². The van der Waals surface area contributed by atoms with Crippen LogP contribution in [0.3, 0.4) is 0 Å². The molecular formula is C22H26ClFN2O. The van der Waals surface area contributed by atoms with E-state index in [0.717, 1.165) is 43.7 Å². The van der Waals surface area contributed by atoms with Gasteiger partial charge >= 0.3 is 0 Å². The second kappa shape index (κ2) is 8.85. The molecule has 1 unspecified atom stereocenters. The fourth-order valence-electron chi connectivity index (χ4n) is 3.91. The zero-order valence-corrected chi connectivity index (χ0v) is 16.6. The molecule has 1 saturated heterocycles. The Morgan fingerprint density at radius 3 is 2.67 bits per heavy atom. The summed E-state index contributed by atoms with van der Waals surface area (Å²) >= 11 is 5.85. The third kappa shape index (κ3) is 5.30. The molecule has 0 aromatic heterocycles. The predicted octanol–water partition coefficient (Wildman–Crippen LogP) is 5.42. The summed E-state index contributed by atoms with van der Waals surface area (Å²) in [4.78, 5) is 13.7. The summed E-state index contributed by atoms with van der Waals surface area (Å²) in [6, 6.07) is 13.1. The van der Waals surface area contributed by atoms with E-state index >= 15 is 0 Å². The van der Waals surface area contributed by atoms with Crippen LogP contribution in [0, 0.1) is 5.82 Å². The monoisotopic (exact) mass is 388 g/mol. The molecule has 3 nitrogen and oxygen atoms in total. The Bertz CT molecular complexity index is 803. The van der Waals surface area contributed by atoms with Gasteiger partial charge in [0.25, 0.3) is 0 Å². The summed E-state index contributed by atoms with van der Waals surface area (Å²) in [5.41, 5.74) is 2.86. The number of hydrogen-bond acceptors (Lipinski definition) is 2. The maximum Gasteiger partial charge on any atom is 0.221 e. The first-order valence-electron chi connectivity index (χ1n) is 9.47. The van der Waals surface area contributed by atoms with Gasteiger partial charge in [0.05, 0.1) is 0 Å². The molecule has 1 N–H and O–H groups in total. The number of nitrogens with one attached hydrogen (secondary N) is 1. The second-order valence-electron chi connectivity index (χ2n) is 7.45. The van der Waals surface area contributed by atoms with E-state index in [1.54, 1.807) is 12.1 Å². The zero-order chi connectivity index (χ0) is 19.4. The lowest BCUT2D eigenvalue weighted by atomic mass is 9.88. The van der Waals surface area contributed by atoms with Crippen LogP contribution in [0.15, 0.2) is 42.5 Å². The third-order valence-corrected chi connectivity index (χ3v) is 5.53. The van der Waals surface area contributed by atoms with Gasteiger partial charge in [0.15, 0.2) is 0 Å². The van der Waals surface area contributed by atoms with Crippen molar-refractivity contribution < 1.29 is 9.18 Å². The molecule has 1 aliphatic heterocycles. The van der Waals surface area contributed by atoms with Gasteiger partial charge in [-0.15, -0.1) is 0 Å². The van der Waals surface area contributed by atoms with Crippen LogP contribution >= 0.6 is 11.6 Å². The van der Waals surface area contributed by atoms with Gasteiger partial charge in [0.1, 0.15) is 5.82 Å². The van der Waals surface area contributed by atoms with E-state index in [9.17, 15) is 9.18 Å². The lowest BCUT2D eigenvalue weighted by Crippen LogP contribution is -2.35. The lowest BCUT2D eigenvalue weighted by Gasteiger charge is -2.34. The molecule has 0 saturated carbocycles. The Morgan fingerprint density at radius 2 is 2.00 bits per heavy atom. The maximum absolute atomic E-state index is 14.1. The highest BCUT2D eigenvalue weighted by molar-refractivity contribution is 6.30. The number of likely N-dealkylation sites (tertiary alicyclic amines) is 1. The summed E-state index contributed by atoms with van der Waals surface area (Å²) in [7, 11) is 0. The summed E-state index contributed by atoms with van der Waals surface area (Å²) < 4.78 is 14.1. The van der Waals surface area contributed by atoms with Crippen LogP contribution in [-0.2, 0) is 4.79 Å². The van der Waals surface area contributed by atoms with Crippen molar-refractivity contribution in [1.82, 2.24) is 4.90 Å². The second-order valence-corrected chi connectivity index (χ2v) is 7.88. The van der Waals surface area contributed by atoms with E-state index in [1.165, 1.54) is 18.6 Å². The molecule has 5 heteroatoms. The Kier molecular flexibility index (Phi) is 6.51. The molecule has 27 heavy (non-hydrogen) atoms. The Balaban J connectivity index is 1.56. The van der Waals surface area contributed by atoms with E-state index in [1.807, 2.05) is 12.1 Å². The fourth-order valence-corrected chi connectivity index (χ4v) is 4.07. The van der Waals surface area contributed by atoms with Crippen molar-refractivity contribution in [2.45, 2.75) is 38.5 Å². The molecule has 1 aliphatic rings. The number of amides is 1. The van der Waals surface area contributed by atoms with E-state index in [0.29, 0.717) is 10.9 Å². The van der Waals surface area contributed by atoms with Crippen LogP contribution in [0.4, 0.5) is 10.1 Å². The number of piperidine rings is 1. The first kappa shape index (κ1) is 19.8. The molecule has 3 rings (SSSR count). The number of halogens is 2. The van der Waals surface area contributed by atoms with E-state index in [2.05, 4.69) is 29.3 Å². The van der Waals surface area contributed by atoms with Gasteiger partial charge in [-0.05, 0) is 73.2 Å². The first-order chi connectivity index (χ1) is 12.9. The summed E-state index contributed by atoms with van der Waals surface area (Å²) in [6.45, 7) is 6.42. The summed E-state index contributed by atoms with van der Waals surface area (Å²) in [6.07, 6.45) is 2.14. The highest BCUT2D eigenvalue weighted by Gasteiger charge is 2.23. The minimum absolute atomic E-state index is 0.0506. The van der Waals surface area contributed by atoms with Crippen molar-refractivity contribution >= 4 is 23.2 Å². The van der Waals surface area contributed by atoms with Crippen molar-refractivity contribution in [3.63, 3.8) is 0 Å². The summed E-state index contributed by atoms with van der Waals surface area (Å²) in [5.74, 6) is 0.351. The average Bonchev–Trinajstić information content (AvgIpc) is 2.62. The van der Waals surface area contributed by atoms with E-state index < -0.39 is 0 Å². The molecule has 1 atom stereocenters. The minimum atomic E-state index is -0.223. The molecular weight excluding hydrogens is 363 g/mol. The van der Waals surface area contributed by atoms with Gasteiger partial charge in [-0.3, -0.25) is 4.79 Å². The van der Waals surface area contributed by atoms with Crippen molar-refractivity contribution in [2.75, 3.05) is 25.0 Å². The highest BCUT2D eigenvalue weighted by atomic mass is 35.5. The third-order valence-electron chi connectivity index (χ3n) is 5.29. The molecule has 0 radical (unpaired) electrons. The van der Waals surface area contributed by atoms with E-state index in [4.69, 9.17) is 11.6 Å². The van der Waals surface area contributed by atoms with Crippen LogP contribution in [0.25, 0.3) is 0 Å². The van der Waals surface area contributed by atoms with Gasteiger partial charge < -0.3 is 10.2 Å². The van der Waals surface area contributed by atoms with Crippen LogP contribution in [0.2, 0.25) is 5.02 Å². The van der Waals surface area contributed by atoms with Crippen molar-refractivity contribution in [3.8, 4) is 0 Å². The molecule has 1 fully saturated rings. The first-order valence-corrected chi connectivity index (χ1v) is 9.85. The molecule has 0 spiro atoms. The van der Waals surface area contributed by atoms with Gasteiger partial charge in [-0.25, -0.2) is 4.39 Å². The minimum Gasteiger partial charge on any atom is -0.326 e. The standard InChI is InChI=1S/C22H26ClFN2O/c1-15(21-7-6-19(23)13-22(21)24)14-26-10-8-17(9-11-26)18-4-3-5-20(12-18)25-16(2)27/h3-7,12-13,15,17H,8-11,14H2,1-2H3,(H,25,27). The van der Waals surface area contributed by atoms with Gasteiger partial charge in [0, 0.05) is 24.2 Å². The molecule has 0 aliphatic carbocycles.